The fourth-order valence-corrected chi connectivity index (χ4v) is 1.06. The maximum absolute atomic E-state index is 5.24. The SMILES string of the molecule is Cc1cccc(-c2nnc(C)o2)n1. The highest BCUT2D eigenvalue weighted by Crippen LogP contribution is 2.14. The van der Waals surface area contributed by atoms with Crippen LogP contribution in [0.5, 0.6) is 0 Å². The molecule has 2 aromatic heterocycles. The Labute approximate surface area is 75.6 Å². The lowest BCUT2D eigenvalue weighted by Gasteiger charge is -1.94. The van der Waals surface area contributed by atoms with Crippen molar-refractivity contribution in [2.45, 2.75) is 13.8 Å². The fourth-order valence-electron chi connectivity index (χ4n) is 1.06. The normalized spacial score (nSPS) is 10.3. The second kappa shape index (κ2) is 2.97. The van der Waals surface area contributed by atoms with Gasteiger partial charge in [0.25, 0.3) is 5.89 Å². The Morgan fingerprint density at radius 1 is 1.15 bits per heavy atom. The van der Waals surface area contributed by atoms with Crippen molar-refractivity contribution in [3.63, 3.8) is 0 Å². The monoisotopic (exact) mass is 175 g/mol. The third kappa shape index (κ3) is 1.56. The lowest BCUT2D eigenvalue weighted by molar-refractivity contribution is 0.531. The van der Waals surface area contributed by atoms with Gasteiger partial charge in [0.1, 0.15) is 5.69 Å². The number of aryl methyl sites for hydroxylation is 2. The van der Waals surface area contributed by atoms with E-state index in [4.69, 9.17) is 4.42 Å². The molecular formula is C9H9N3O. The van der Waals surface area contributed by atoms with Crippen LogP contribution in [0.1, 0.15) is 11.6 Å². The van der Waals surface area contributed by atoms with E-state index in [1.54, 1.807) is 6.92 Å². The average Bonchev–Trinajstić information content (AvgIpc) is 2.52. The highest BCUT2D eigenvalue weighted by Gasteiger charge is 2.06. The Kier molecular flexibility index (Phi) is 1.81. The number of hydrogen-bond donors (Lipinski definition) is 0. The largest absolute Gasteiger partial charge is 0.420 e. The molecular weight excluding hydrogens is 166 g/mol. The van der Waals surface area contributed by atoms with E-state index in [9.17, 15) is 0 Å². The van der Waals surface area contributed by atoms with Crippen LogP contribution in [-0.4, -0.2) is 15.2 Å². The molecule has 66 valence electrons. The second-order valence-corrected chi connectivity index (χ2v) is 2.79. The highest BCUT2D eigenvalue weighted by molar-refractivity contribution is 5.45. The van der Waals surface area contributed by atoms with Crippen LogP contribution in [-0.2, 0) is 0 Å². The molecule has 0 atom stereocenters. The molecule has 0 saturated heterocycles. The summed E-state index contributed by atoms with van der Waals surface area (Å²) in [5, 5.41) is 7.61. The molecule has 0 spiro atoms. The van der Waals surface area contributed by atoms with Crippen molar-refractivity contribution >= 4 is 0 Å². The minimum Gasteiger partial charge on any atom is -0.420 e. The lowest BCUT2D eigenvalue weighted by Crippen LogP contribution is -1.85. The molecule has 0 saturated carbocycles. The van der Waals surface area contributed by atoms with E-state index in [1.165, 1.54) is 0 Å². The average molecular weight is 175 g/mol. The molecule has 0 aliphatic heterocycles. The Morgan fingerprint density at radius 2 is 2.00 bits per heavy atom. The molecule has 2 aromatic rings. The van der Waals surface area contributed by atoms with Crippen molar-refractivity contribution in [2.24, 2.45) is 0 Å². The lowest BCUT2D eigenvalue weighted by atomic mass is 10.3. The van der Waals surface area contributed by atoms with Gasteiger partial charge in [0.2, 0.25) is 5.89 Å². The number of aromatic nitrogens is 3. The van der Waals surface area contributed by atoms with Crippen LogP contribution in [0.4, 0.5) is 0 Å². The molecule has 13 heavy (non-hydrogen) atoms. The number of rotatable bonds is 1. The summed E-state index contributed by atoms with van der Waals surface area (Å²) in [4.78, 5) is 4.26. The van der Waals surface area contributed by atoms with E-state index < -0.39 is 0 Å². The van der Waals surface area contributed by atoms with Gasteiger partial charge in [0.15, 0.2) is 0 Å². The number of nitrogens with zero attached hydrogens (tertiary/aromatic N) is 3. The van der Waals surface area contributed by atoms with Gasteiger partial charge in [-0.15, -0.1) is 10.2 Å². The van der Waals surface area contributed by atoms with Gasteiger partial charge in [-0.05, 0) is 19.1 Å². The van der Waals surface area contributed by atoms with Gasteiger partial charge >= 0.3 is 0 Å². The van der Waals surface area contributed by atoms with Crippen molar-refractivity contribution in [1.29, 1.82) is 0 Å². The zero-order chi connectivity index (χ0) is 9.26. The van der Waals surface area contributed by atoms with E-state index in [0.29, 0.717) is 11.8 Å². The molecule has 4 nitrogen and oxygen atoms in total. The molecule has 0 aromatic carbocycles. The maximum atomic E-state index is 5.24. The van der Waals surface area contributed by atoms with Gasteiger partial charge in [-0.25, -0.2) is 4.98 Å². The standard InChI is InChI=1S/C9H9N3O/c1-6-4-3-5-8(10-6)9-12-11-7(2)13-9/h3-5H,1-2H3. The molecule has 0 N–H and O–H groups in total. The summed E-state index contributed by atoms with van der Waals surface area (Å²) in [6.07, 6.45) is 0. The van der Waals surface area contributed by atoms with E-state index in [-0.39, 0.29) is 0 Å². The Morgan fingerprint density at radius 3 is 2.62 bits per heavy atom. The number of pyridine rings is 1. The maximum Gasteiger partial charge on any atom is 0.266 e. The quantitative estimate of drug-likeness (QED) is 0.662. The summed E-state index contributed by atoms with van der Waals surface area (Å²) in [6.45, 7) is 3.68. The third-order valence-electron chi connectivity index (χ3n) is 1.63. The topological polar surface area (TPSA) is 51.8 Å². The second-order valence-electron chi connectivity index (χ2n) is 2.79. The van der Waals surface area contributed by atoms with Crippen molar-refractivity contribution in [2.75, 3.05) is 0 Å². The molecule has 2 rings (SSSR count). The van der Waals surface area contributed by atoms with Crippen molar-refractivity contribution in [3.05, 3.63) is 29.8 Å². The molecule has 0 bridgehead atoms. The molecule has 0 aliphatic rings. The first-order valence-electron chi connectivity index (χ1n) is 4.00. The van der Waals surface area contributed by atoms with Gasteiger partial charge in [-0.1, -0.05) is 6.07 Å². The predicted octanol–water partition coefficient (Wildman–Crippen LogP) is 1.75. The molecule has 0 fully saturated rings. The fraction of sp³-hybridized carbons (Fsp3) is 0.222. The third-order valence-corrected chi connectivity index (χ3v) is 1.63. The van der Waals surface area contributed by atoms with Crippen molar-refractivity contribution in [1.82, 2.24) is 15.2 Å². The van der Waals surface area contributed by atoms with Crippen LogP contribution in [0.25, 0.3) is 11.6 Å². The van der Waals surface area contributed by atoms with E-state index in [0.717, 1.165) is 11.4 Å². The van der Waals surface area contributed by atoms with Gasteiger partial charge < -0.3 is 4.42 Å². The predicted molar refractivity (Wildman–Crippen MR) is 47.0 cm³/mol. The molecule has 0 aliphatic carbocycles. The van der Waals surface area contributed by atoms with Crippen LogP contribution in [0.15, 0.2) is 22.6 Å². The molecule has 2 heterocycles. The first kappa shape index (κ1) is 7.91. The molecule has 4 heteroatoms. The first-order valence-corrected chi connectivity index (χ1v) is 4.00. The van der Waals surface area contributed by atoms with Crippen LogP contribution >= 0.6 is 0 Å². The summed E-state index contributed by atoms with van der Waals surface area (Å²) in [7, 11) is 0. The summed E-state index contributed by atoms with van der Waals surface area (Å²) < 4.78 is 5.24. The van der Waals surface area contributed by atoms with Crippen LogP contribution < -0.4 is 0 Å². The van der Waals surface area contributed by atoms with Gasteiger partial charge in [0.05, 0.1) is 0 Å². The summed E-state index contributed by atoms with van der Waals surface area (Å²) in [6, 6.07) is 5.68. The summed E-state index contributed by atoms with van der Waals surface area (Å²) in [5.74, 6) is 1.03. The van der Waals surface area contributed by atoms with Crippen molar-refractivity contribution in [3.8, 4) is 11.6 Å². The van der Waals surface area contributed by atoms with Gasteiger partial charge in [0, 0.05) is 12.6 Å². The smallest absolute Gasteiger partial charge is 0.266 e. The minimum atomic E-state index is 0.473. The number of hydrogen-bond acceptors (Lipinski definition) is 4. The summed E-state index contributed by atoms with van der Waals surface area (Å²) in [5.41, 5.74) is 1.66. The minimum absolute atomic E-state index is 0.473. The Bertz CT molecular complexity index is 422. The van der Waals surface area contributed by atoms with E-state index in [1.807, 2.05) is 25.1 Å². The van der Waals surface area contributed by atoms with E-state index in [2.05, 4.69) is 15.2 Å². The zero-order valence-corrected chi connectivity index (χ0v) is 7.48. The van der Waals surface area contributed by atoms with Crippen LogP contribution in [0, 0.1) is 13.8 Å². The Hall–Kier alpha value is -1.71. The Balaban J connectivity index is 2.46. The van der Waals surface area contributed by atoms with Crippen LogP contribution in [0.2, 0.25) is 0 Å². The van der Waals surface area contributed by atoms with Crippen LogP contribution in [0.3, 0.4) is 0 Å². The van der Waals surface area contributed by atoms with E-state index >= 15 is 0 Å². The highest BCUT2D eigenvalue weighted by atomic mass is 16.4. The molecule has 0 amide bonds. The van der Waals surface area contributed by atoms with Gasteiger partial charge in [-0.3, -0.25) is 0 Å². The molecule has 0 radical (unpaired) electrons. The molecule has 0 unspecified atom stereocenters. The summed E-state index contributed by atoms with van der Waals surface area (Å²) >= 11 is 0. The van der Waals surface area contributed by atoms with Gasteiger partial charge in [-0.2, -0.15) is 0 Å². The first-order chi connectivity index (χ1) is 6.25. The van der Waals surface area contributed by atoms with Crippen molar-refractivity contribution < 1.29 is 4.42 Å². The zero-order valence-electron chi connectivity index (χ0n) is 7.48.